The second-order valence-corrected chi connectivity index (χ2v) is 6.97. The monoisotopic (exact) mass is 371 g/mol. The highest BCUT2D eigenvalue weighted by Crippen LogP contribution is 2.38. The molecule has 4 nitrogen and oxygen atoms in total. The van der Waals surface area contributed by atoms with Crippen LogP contribution in [0.1, 0.15) is 44.7 Å². The van der Waals surface area contributed by atoms with Gasteiger partial charge in [-0.15, -0.1) is 0 Å². The number of nitrogens with zero attached hydrogens (tertiary/aromatic N) is 1. The van der Waals surface area contributed by atoms with Crippen LogP contribution in [0.3, 0.4) is 0 Å². The first kappa shape index (κ1) is 20.6. The Kier molecular flexibility index (Phi) is 6.92. The fraction of sp³-hybridized carbons (Fsp3) is 0.632. The maximum absolute atomic E-state index is 13.1. The molecular weight excluding hydrogens is 343 g/mol. The minimum absolute atomic E-state index is 0.215. The van der Waals surface area contributed by atoms with E-state index in [1.807, 2.05) is 20.8 Å². The minimum atomic E-state index is -4.35. The van der Waals surface area contributed by atoms with E-state index in [1.54, 1.807) is 6.07 Å². The van der Waals surface area contributed by atoms with Crippen LogP contribution in [-0.4, -0.2) is 38.3 Å². The molecule has 1 aromatic carbocycles. The molecule has 0 saturated carbocycles. The van der Waals surface area contributed by atoms with Crippen molar-refractivity contribution in [1.29, 1.82) is 0 Å². The van der Waals surface area contributed by atoms with Crippen LogP contribution in [0.15, 0.2) is 29.3 Å². The van der Waals surface area contributed by atoms with Gasteiger partial charge in [0.05, 0.1) is 12.1 Å². The summed E-state index contributed by atoms with van der Waals surface area (Å²) in [6.45, 7) is 8.21. The minimum Gasteiger partial charge on any atom is -0.381 e. The first-order chi connectivity index (χ1) is 12.3. The molecule has 0 amide bonds. The standard InChI is InChI=1S/C19H28F3N3O/c1-4-23-17(25-14(2)3)24-13-18(8-10-26-11-9-18)15-6-5-7-16(12-15)19(20,21)22/h5-7,12,14H,4,8-11,13H2,1-3H3,(H2,23,24,25). The molecule has 0 radical (unpaired) electrons. The Hall–Kier alpha value is -1.76. The van der Waals surface area contributed by atoms with Crippen LogP contribution in [0, 0.1) is 0 Å². The molecule has 0 aliphatic carbocycles. The zero-order chi connectivity index (χ0) is 19.2. The normalized spacial score (nSPS) is 18.0. The van der Waals surface area contributed by atoms with Crippen LogP contribution in [0.2, 0.25) is 0 Å². The summed E-state index contributed by atoms with van der Waals surface area (Å²) in [5, 5.41) is 6.44. The van der Waals surface area contributed by atoms with Crippen molar-refractivity contribution in [3.8, 4) is 0 Å². The fourth-order valence-corrected chi connectivity index (χ4v) is 3.15. The van der Waals surface area contributed by atoms with Gasteiger partial charge in [0.15, 0.2) is 5.96 Å². The van der Waals surface area contributed by atoms with Gasteiger partial charge in [-0.1, -0.05) is 18.2 Å². The van der Waals surface area contributed by atoms with Gasteiger partial charge in [0.25, 0.3) is 0 Å². The summed E-state index contributed by atoms with van der Waals surface area (Å²) in [4.78, 5) is 4.68. The van der Waals surface area contributed by atoms with Crippen molar-refractivity contribution in [1.82, 2.24) is 10.6 Å². The molecule has 0 atom stereocenters. The predicted octanol–water partition coefficient (Wildman–Crippen LogP) is 3.72. The lowest BCUT2D eigenvalue weighted by atomic mass is 9.74. The molecule has 7 heteroatoms. The van der Waals surface area contributed by atoms with Crippen LogP contribution in [0.5, 0.6) is 0 Å². The second-order valence-electron chi connectivity index (χ2n) is 6.97. The number of hydrogen-bond acceptors (Lipinski definition) is 2. The van der Waals surface area contributed by atoms with Crippen LogP contribution < -0.4 is 10.6 Å². The van der Waals surface area contributed by atoms with Gasteiger partial charge >= 0.3 is 6.18 Å². The molecule has 0 spiro atoms. The lowest BCUT2D eigenvalue weighted by Gasteiger charge is -2.37. The van der Waals surface area contributed by atoms with Crippen molar-refractivity contribution >= 4 is 5.96 Å². The largest absolute Gasteiger partial charge is 0.416 e. The predicted molar refractivity (Wildman–Crippen MR) is 97.4 cm³/mol. The number of alkyl halides is 3. The van der Waals surface area contributed by atoms with Crippen molar-refractivity contribution in [2.24, 2.45) is 4.99 Å². The number of hydrogen-bond donors (Lipinski definition) is 2. The first-order valence-corrected chi connectivity index (χ1v) is 9.07. The summed E-state index contributed by atoms with van der Waals surface area (Å²) >= 11 is 0. The Balaban J connectivity index is 2.33. The SMILES string of the molecule is CCNC(=NCC1(c2cccc(C(F)(F)F)c2)CCOCC1)NC(C)C. The van der Waals surface area contributed by atoms with Gasteiger partial charge in [-0.25, -0.2) is 0 Å². The third-order valence-corrected chi connectivity index (χ3v) is 4.56. The van der Waals surface area contributed by atoms with Gasteiger partial charge in [-0.05, 0) is 45.2 Å². The molecule has 1 heterocycles. The van der Waals surface area contributed by atoms with Crippen LogP contribution in [0.4, 0.5) is 13.2 Å². The molecular formula is C19H28F3N3O. The Morgan fingerprint density at radius 3 is 2.54 bits per heavy atom. The van der Waals surface area contributed by atoms with Crippen molar-refractivity contribution < 1.29 is 17.9 Å². The average molecular weight is 371 g/mol. The third kappa shape index (κ3) is 5.37. The lowest BCUT2D eigenvalue weighted by Crippen LogP contribution is -2.43. The Morgan fingerprint density at radius 2 is 1.96 bits per heavy atom. The maximum Gasteiger partial charge on any atom is 0.416 e. The number of nitrogens with one attached hydrogen (secondary N) is 2. The lowest BCUT2D eigenvalue weighted by molar-refractivity contribution is -0.137. The Bertz CT molecular complexity index is 608. The summed E-state index contributed by atoms with van der Waals surface area (Å²) in [6.07, 6.45) is -3.04. The van der Waals surface area contributed by atoms with Crippen molar-refractivity contribution in [3.63, 3.8) is 0 Å². The molecule has 1 saturated heterocycles. The number of rotatable bonds is 5. The van der Waals surface area contributed by atoms with Gasteiger partial charge in [-0.2, -0.15) is 13.2 Å². The summed E-state index contributed by atoms with van der Waals surface area (Å²) in [5.74, 6) is 0.681. The van der Waals surface area contributed by atoms with E-state index in [0.29, 0.717) is 44.1 Å². The van der Waals surface area contributed by atoms with Gasteiger partial charge in [0, 0.05) is 31.2 Å². The molecule has 2 N–H and O–H groups in total. The Morgan fingerprint density at radius 1 is 1.27 bits per heavy atom. The van der Waals surface area contributed by atoms with E-state index in [-0.39, 0.29) is 6.04 Å². The van der Waals surface area contributed by atoms with E-state index in [1.165, 1.54) is 12.1 Å². The van der Waals surface area contributed by atoms with Gasteiger partial charge in [0.2, 0.25) is 0 Å². The van der Waals surface area contributed by atoms with Crippen LogP contribution in [-0.2, 0) is 16.3 Å². The summed E-state index contributed by atoms with van der Waals surface area (Å²) in [7, 11) is 0. The highest BCUT2D eigenvalue weighted by atomic mass is 19.4. The molecule has 1 aromatic rings. The summed E-state index contributed by atoms with van der Waals surface area (Å²) in [5.41, 5.74) is -0.379. The van der Waals surface area contributed by atoms with Crippen molar-refractivity contribution in [2.75, 3.05) is 26.3 Å². The molecule has 0 unspecified atom stereocenters. The number of halogens is 3. The number of benzene rings is 1. The molecule has 26 heavy (non-hydrogen) atoms. The molecule has 2 rings (SSSR count). The van der Waals surface area contributed by atoms with Crippen LogP contribution in [0.25, 0.3) is 0 Å². The maximum atomic E-state index is 13.1. The molecule has 0 aromatic heterocycles. The smallest absolute Gasteiger partial charge is 0.381 e. The van der Waals surface area contributed by atoms with E-state index in [4.69, 9.17) is 4.74 Å². The number of aliphatic imine (C=N–C) groups is 1. The topological polar surface area (TPSA) is 45.7 Å². The molecule has 1 fully saturated rings. The highest BCUT2D eigenvalue weighted by molar-refractivity contribution is 5.80. The molecule has 146 valence electrons. The quantitative estimate of drug-likeness (QED) is 0.613. The van der Waals surface area contributed by atoms with E-state index in [0.717, 1.165) is 12.6 Å². The summed E-state index contributed by atoms with van der Waals surface area (Å²) < 4.78 is 44.9. The van der Waals surface area contributed by atoms with Gasteiger partial charge < -0.3 is 15.4 Å². The third-order valence-electron chi connectivity index (χ3n) is 4.56. The number of guanidine groups is 1. The van der Waals surface area contributed by atoms with E-state index in [2.05, 4.69) is 15.6 Å². The van der Waals surface area contributed by atoms with E-state index < -0.39 is 17.2 Å². The second kappa shape index (κ2) is 8.75. The molecule has 1 aliphatic rings. The average Bonchev–Trinajstić information content (AvgIpc) is 2.60. The summed E-state index contributed by atoms with van der Waals surface area (Å²) in [6, 6.07) is 5.86. The molecule has 0 bridgehead atoms. The zero-order valence-corrected chi connectivity index (χ0v) is 15.6. The fourth-order valence-electron chi connectivity index (χ4n) is 3.15. The van der Waals surface area contributed by atoms with Crippen molar-refractivity contribution in [3.05, 3.63) is 35.4 Å². The van der Waals surface area contributed by atoms with E-state index in [9.17, 15) is 13.2 Å². The van der Waals surface area contributed by atoms with Gasteiger partial charge in [0.1, 0.15) is 0 Å². The highest BCUT2D eigenvalue weighted by Gasteiger charge is 2.37. The van der Waals surface area contributed by atoms with Crippen LogP contribution >= 0.6 is 0 Å². The van der Waals surface area contributed by atoms with Crippen molar-refractivity contribution in [2.45, 2.75) is 51.2 Å². The Labute approximate surface area is 153 Å². The van der Waals surface area contributed by atoms with E-state index >= 15 is 0 Å². The number of ether oxygens (including phenoxy) is 1. The molecule has 1 aliphatic heterocycles. The van der Waals surface area contributed by atoms with Gasteiger partial charge in [-0.3, -0.25) is 4.99 Å². The zero-order valence-electron chi connectivity index (χ0n) is 15.6. The first-order valence-electron chi connectivity index (χ1n) is 9.07.